The molecule has 0 unspecified atom stereocenters. The average Bonchev–Trinajstić information content (AvgIpc) is 3.49. The number of hydrogen-bond acceptors (Lipinski definition) is 2. The lowest BCUT2D eigenvalue weighted by molar-refractivity contribution is 0.0681. The number of amides is 1. The zero-order valence-electron chi connectivity index (χ0n) is 17.7. The van der Waals surface area contributed by atoms with Crippen LogP contribution in [0.25, 0.3) is 21.8 Å². The van der Waals surface area contributed by atoms with Gasteiger partial charge in [0.1, 0.15) is 5.69 Å². The minimum absolute atomic E-state index is 0.0112. The van der Waals surface area contributed by atoms with Crippen LogP contribution in [0.5, 0.6) is 0 Å². The van der Waals surface area contributed by atoms with E-state index in [-0.39, 0.29) is 11.3 Å². The van der Waals surface area contributed by atoms with Gasteiger partial charge in [0.2, 0.25) is 0 Å². The quantitative estimate of drug-likeness (QED) is 0.418. The molecule has 0 spiro atoms. The molecule has 0 saturated carbocycles. The van der Waals surface area contributed by atoms with E-state index in [9.17, 15) is 4.79 Å². The van der Waals surface area contributed by atoms with E-state index in [1.165, 1.54) is 21.9 Å². The van der Waals surface area contributed by atoms with Gasteiger partial charge in [-0.3, -0.25) is 9.78 Å². The van der Waals surface area contributed by atoms with Gasteiger partial charge in [0.05, 0.1) is 0 Å². The lowest BCUT2D eigenvalue weighted by Gasteiger charge is -2.42. The molecule has 1 aliphatic heterocycles. The number of piperidine rings is 1. The average molecular weight is 421 g/mol. The Labute approximate surface area is 186 Å². The summed E-state index contributed by atoms with van der Waals surface area (Å²) in [5.41, 5.74) is 5.24. The SMILES string of the molecule is O=C(c1ccccn1)N1CCC(c2c[nH]c3ccccc23)(c2c[nH]c3ccccc23)CC1. The molecule has 5 nitrogen and oxygen atoms in total. The highest BCUT2D eigenvalue weighted by atomic mass is 16.2. The van der Waals surface area contributed by atoms with Crippen LogP contribution in [0.3, 0.4) is 0 Å². The number of rotatable bonds is 3. The third-order valence-electron chi connectivity index (χ3n) is 7.00. The second kappa shape index (κ2) is 7.38. The summed E-state index contributed by atoms with van der Waals surface area (Å²) in [6.45, 7) is 1.38. The molecule has 6 rings (SSSR count). The first kappa shape index (κ1) is 18.9. The number of benzene rings is 2. The van der Waals surface area contributed by atoms with Crippen molar-refractivity contribution in [2.24, 2.45) is 0 Å². The van der Waals surface area contributed by atoms with Crippen LogP contribution in [0.4, 0.5) is 0 Å². The first-order chi connectivity index (χ1) is 15.8. The second-order valence-electron chi connectivity index (χ2n) is 8.59. The molecule has 3 aromatic heterocycles. The van der Waals surface area contributed by atoms with Crippen LogP contribution in [0.2, 0.25) is 0 Å². The maximum atomic E-state index is 13.1. The number of hydrogen-bond donors (Lipinski definition) is 2. The molecule has 158 valence electrons. The Morgan fingerprint density at radius 1 is 0.781 bits per heavy atom. The van der Waals surface area contributed by atoms with Crippen LogP contribution in [-0.4, -0.2) is 38.8 Å². The van der Waals surface area contributed by atoms with Gasteiger partial charge in [-0.25, -0.2) is 0 Å². The highest BCUT2D eigenvalue weighted by Gasteiger charge is 2.42. The number of aromatic nitrogens is 3. The molecule has 1 fully saturated rings. The number of nitrogens with zero attached hydrogens (tertiary/aromatic N) is 2. The first-order valence-corrected chi connectivity index (χ1v) is 11.1. The van der Waals surface area contributed by atoms with Crippen molar-refractivity contribution in [2.45, 2.75) is 18.3 Å². The maximum absolute atomic E-state index is 13.1. The van der Waals surface area contributed by atoms with E-state index in [2.05, 4.69) is 75.9 Å². The fraction of sp³-hybridized carbons (Fsp3) is 0.185. The van der Waals surface area contributed by atoms with Gasteiger partial charge in [-0.15, -0.1) is 0 Å². The fourth-order valence-corrected chi connectivity index (χ4v) is 5.36. The minimum atomic E-state index is -0.180. The smallest absolute Gasteiger partial charge is 0.272 e. The van der Waals surface area contributed by atoms with E-state index in [1.54, 1.807) is 12.3 Å². The van der Waals surface area contributed by atoms with Crippen molar-refractivity contribution in [2.75, 3.05) is 13.1 Å². The molecule has 0 radical (unpaired) electrons. The number of carbonyl (C=O) groups excluding carboxylic acids is 1. The molecule has 2 N–H and O–H groups in total. The molecule has 0 aliphatic carbocycles. The first-order valence-electron chi connectivity index (χ1n) is 11.1. The summed E-state index contributed by atoms with van der Waals surface area (Å²) in [5.74, 6) is 0.0112. The molecule has 4 heterocycles. The van der Waals surface area contributed by atoms with Crippen LogP contribution < -0.4 is 0 Å². The zero-order valence-corrected chi connectivity index (χ0v) is 17.7. The van der Waals surface area contributed by atoms with Gasteiger partial charge in [0, 0.05) is 58.9 Å². The van der Waals surface area contributed by atoms with Gasteiger partial charge in [-0.05, 0) is 48.2 Å². The largest absolute Gasteiger partial charge is 0.361 e. The van der Waals surface area contributed by atoms with Crippen molar-refractivity contribution < 1.29 is 4.79 Å². The Hall–Kier alpha value is -3.86. The molecule has 1 saturated heterocycles. The third-order valence-corrected chi connectivity index (χ3v) is 7.00. The Morgan fingerprint density at radius 2 is 1.34 bits per heavy atom. The van der Waals surface area contributed by atoms with Crippen molar-refractivity contribution >= 4 is 27.7 Å². The molecule has 1 aliphatic rings. The van der Waals surface area contributed by atoms with Crippen LogP contribution in [0.1, 0.15) is 34.5 Å². The van der Waals surface area contributed by atoms with Crippen LogP contribution in [-0.2, 0) is 5.41 Å². The normalized spacial score (nSPS) is 15.9. The van der Waals surface area contributed by atoms with E-state index < -0.39 is 0 Å². The Bertz CT molecular complexity index is 1330. The number of para-hydroxylation sites is 2. The molecular formula is C27H24N4O. The van der Waals surface area contributed by atoms with E-state index in [0.29, 0.717) is 18.8 Å². The molecule has 2 aromatic carbocycles. The molecule has 5 heteroatoms. The minimum Gasteiger partial charge on any atom is -0.361 e. The van der Waals surface area contributed by atoms with Crippen molar-refractivity contribution in [3.05, 3.63) is 102 Å². The number of likely N-dealkylation sites (tertiary alicyclic amines) is 1. The number of nitrogens with one attached hydrogen (secondary N) is 2. The summed E-state index contributed by atoms with van der Waals surface area (Å²) in [6, 6.07) is 22.5. The summed E-state index contributed by atoms with van der Waals surface area (Å²) in [4.78, 5) is 26.2. The monoisotopic (exact) mass is 420 g/mol. The second-order valence-corrected chi connectivity index (χ2v) is 8.59. The topological polar surface area (TPSA) is 64.8 Å². The molecule has 0 bridgehead atoms. The predicted octanol–water partition coefficient (Wildman–Crippen LogP) is 5.27. The van der Waals surface area contributed by atoms with Gasteiger partial charge in [0.15, 0.2) is 0 Å². The lowest BCUT2D eigenvalue weighted by Crippen LogP contribution is -2.45. The molecule has 1 amide bonds. The van der Waals surface area contributed by atoms with Crippen LogP contribution in [0.15, 0.2) is 85.3 Å². The van der Waals surface area contributed by atoms with E-state index >= 15 is 0 Å². The summed E-state index contributed by atoms with van der Waals surface area (Å²) >= 11 is 0. The number of aromatic amines is 2. The van der Waals surface area contributed by atoms with Crippen LogP contribution >= 0.6 is 0 Å². The van der Waals surface area contributed by atoms with Crippen LogP contribution in [0, 0.1) is 0 Å². The Kier molecular flexibility index (Phi) is 4.35. The molecule has 0 atom stereocenters. The van der Waals surface area contributed by atoms with Gasteiger partial charge in [0.25, 0.3) is 5.91 Å². The predicted molar refractivity (Wildman–Crippen MR) is 127 cm³/mol. The van der Waals surface area contributed by atoms with Crippen molar-refractivity contribution in [1.29, 1.82) is 0 Å². The van der Waals surface area contributed by atoms with Gasteiger partial charge < -0.3 is 14.9 Å². The van der Waals surface area contributed by atoms with E-state index in [0.717, 1.165) is 23.9 Å². The summed E-state index contributed by atoms with van der Waals surface area (Å²) in [7, 11) is 0. The van der Waals surface area contributed by atoms with Crippen molar-refractivity contribution in [1.82, 2.24) is 19.9 Å². The maximum Gasteiger partial charge on any atom is 0.272 e. The fourth-order valence-electron chi connectivity index (χ4n) is 5.36. The summed E-state index contributed by atoms with van der Waals surface area (Å²) in [6.07, 6.45) is 7.73. The summed E-state index contributed by atoms with van der Waals surface area (Å²) in [5, 5.41) is 2.50. The third kappa shape index (κ3) is 2.85. The highest BCUT2D eigenvalue weighted by molar-refractivity contribution is 5.93. The molecule has 5 aromatic rings. The molecule has 32 heavy (non-hydrogen) atoms. The van der Waals surface area contributed by atoms with Gasteiger partial charge >= 0.3 is 0 Å². The highest BCUT2D eigenvalue weighted by Crippen LogP contribution is 2.47. The zero-order chi connectivity index (χ0) is 21.5. The number of carbonyl (C=O) groups is 1. The number of pyridine rings is 1. The Balaban J connectivity index is 1.45. The van der Waals surface area contributed by atoms with Gasteiger partial charge in [-0.2, -0.15) is 0 Å². The molecular weight excluding hydrogens is 396 g/mol. The standard InChI is InChI=1S/C27H24N4O/c32-26(25-11-5-6-14-28-25)31-15-12-27(13-16-31,21-17-29-23-9-3-1-7-19(21)23)22-18-30-24-10-4-2-8-20(22)24/h1-11,14,17-18,29-30H,12-13,15-16H2. The van der Waals surface area contributed by atoms with E-state index in [4.69, 9.17) is 0 Å². The summed E-state index contributed by atoms with van der Waals surface area (Å²) < 4.78 is 0. The Morgan fingerprint density at radius 3 is 1.91 bits per heavy atom. The van der Waals surface area contributed by atoms with Crippen molar-refractivity contribution in [3.63, 3.8) is 0 Å². The number of H-pyrrole nitrogens is 2. The van der Waals surface area contributed by atoms with Crippen molar-refractivity contribution in [3.8, 4) is 0 Å². The van der Waals surface area contributed by atoms with E-state index in [1.807, 2.05) is 17.0 Å². The van der Waals surface area contributed by atoms with Gasteiger partial charge in [-0.1, -0.05) is 42.5 Å². The number of fused-ring (bicyclic) bond motifs is 2. The lowest BCUT2D eigenvalue weighted by atomic mass is 9.68.